The molecule has 28 heavy (non-hydrogen) atoms. The second kappa shape index (κ2) is 8.81. The van der Waals surface area contributed by atoms with Crippen LogP contribution >= 0.6 is 0 Å². The monoisotopic (exact) mass is 375 g/mol. The molecule has 0 atom stereocenters. The van der Waals surface area contributed by atoms with Crippen LogP contribution in [-0.4, -0.2) is 24.0 Å². The summed E-state index contributed by atoms with van der Waals surface area (Å²) in [5, 5.41) is 6.01. The van der Waals surface area contributed by atoms with Gasteiger partial charge in [0.1, 0.15) is 5.69 Å². The van der Waals surface area contributed by atoms with Gasteiger partial charge in [-0.25, -0.2) is 4.79 Å². The van der Waals surface area contributed by atoms with Crippen LogP contribution in [0.25, 0.3) is 0 Å². The van der Waals surface area contributed by atoms with Gasteiger partial charge in [0.2, 0.25) is 0 Å². The van der Waals surface area contributed by atoms with Crippen LogP contribution in [0, 0.1) is 6.92 Å². The topological polar surface area (TPSA) is 80.3 Å². The molecule has 3 rings (SSSR count). The molecule has 0 aliphatic heterocycles. The van der Waals surface area contributed by atoms with Crippen molar-refractivity contribution in [3.05, 3.63) is 89.2 Å². The summed E-state index contributed by atoms with van der Waals surface area (Å²) < 4.78 is 4.75. The molecule has 0 aliphatic rings. The lowest BCUT2D eigenvalue weighted by atomic mass is 10.1. The number of hydrogen-bond acceptors (Lipinski definition) is 5. The summed E-state index contributed by atoms with van der Waals surface area (Å²) in [6.45, 7) is 2.68. The van der Waals surface area contributed by atoms with Gasteiger partial charge < -0.3 is 15.4 Å². The van der Waals surface area contributed by atoms with E-state index < -0.39 is 11.9 Å². The van der Waals surface area contributed by atoms with E-state index in [1.54, 1.807) is 42.6 Å². The predicted molar refractivity (Wildman–Crippen MR) is 108 cm³/mol. The van der Waals surface area contributed by atoms with Gasteiger partial charge >= 0.3 is 5.97 Å². The number of aryl methyl sites for hydroxylation is 1. The zero-order valence-corrected chi connectivity index (χ0v) is 15.7. The lowest BCUT2D eigenvalue weighted by Crippen LogP contribution is -2.16. The summed E-state index contributed by atoms with van der Waals surface area (Å²) in [7, 11) is 1.30. The quantitative estimate of drug-likeness (QED) is 0.636. The van der Waals surface area contributed by atoms with Crippen LogP contribution in [0.5, 0.6) is 0 Å². The fourth-order valence-electron chi connectivity index (χ4n) is 2.76. The number of methoxy groups -OCH3 is 1. The molecule has 1 aromatic heterocycles. The summed E-state index contributed by atoms with van der Waals surface area (Å²) in [6.07, 6.45) is 1.57. The molecule has 0 spiro atoms. The summed E-state index contributed by atoms with van der Waals surface area (Å²) >= 11 is 0. The van der Waals surface area contributed by atoms with Crippen molar-refractivity contribution in [2.45, 2.75) is 13.5 Å². The SMILES string of the molecule is COC(=O)c1ccccc1NC(=O)c1cc(NCc2cccc(C)c2)ccn1. The minimum atomic E-state index is -0.516. The number of benzene rings is 2. The highest BCUT2D eigenvalue weighted by Gasteiger charge is 2.15. The van der Waals surface area contributed by atoms with Crippen molar-refractivity contribution in [1.82, 2.24) is 4.98 Å². The third-order valence-corrected chi connectivity index (χ3v) is 4.15. The third kappa shape index (κ3) is 4.73. The fraction of sp³-hybridized carbons (Fsp3) is 0.136. The smallest absolute Gasteiger partial charge is 0.339 e. The normalized spacial score (nSPS) is 10.2. The van der Waals surface area contributed by atoms with Crippen molar-refractivity contribution in [3.8, 4) is 0 Å². The van der Waals surface area contributed by atoms with Crippen LogP contribution in [0.1, 0.15) is 32.0 Å². The van der Waals surface area contributed by atoms with Gasteiger partial charge in [-0.05, 0) is 36.8 Å². The Hall–Kier alpha value is -3.67. The molecule has 0 bridgehead atoms. The van der Waals surface area contributed by atoms with Crippen LogP contribution in [0.4, 0.5) is 11.4 Å². The maximum atomic E-state index is 12.6. The van der Waals surface area contributed by atoms with E-state index in [2.05, 4.69) is 21.7 Å². The number of pyridine rings is 1. The van der Waals surface area contributed by atoms with E-state index in [1.807, 2.05) is 25.1 Å². The molecule has 0 saturated carbocycles. The van der Waals surface area contributed by atoms with Crippen LogP contribution in [0.3, 0.4) is 0 Å². The first-order valence-electron chi connectivity index (χ1n) is 8.81. The number of esters is 1. The lowest BCUT2D eigenvalue weighted by Gasteiger charge is -2.11. The number of amides is 1. The summed E-state index contributed by atoms with van der Waals surface area (Å²) in [6, 6.07) is 18.3. The van der Waals surface area contributed by atoms with Crippen molar-refractivity contribution in [2.75, 3.05) is 17.7 Å². The number of ether oxygens (including phenoxy) is 1. The van der Waals surface area contributed by atoms with Gasteiger partial charge in [0.05, 0.1) is 18.4 Å². The molecule has 2 aromatic carbocycles. The van der Waals surface area contributed by atoms with Gasteiger partial charge in [-0.1, -0.05) is 42.0 Å². The van der Waals surface area contributed by atoms with Crippen LogP contribution in [0.15, 0.2) is 66.9 Å². The molecular weight excluding hydrogens is 354 g/mol. The number of carbonyl (C=O) groups is 2. The van der Waals surface area contributed by atoms with E-state index in [-0.39, 0.29) is 11.3 Å². The number of carbonyl (C=O) groups excluding carboxylic acids is 2. The molecule has 1 amide bonds. The maximum Gasteiger partial charge on any atom is 0.339 e. The molecule has 1 heterocycles. The zero-order valence-electron chi connectivity index (χ0n) is 15.7. The first-order chi connectivity index (χ1) is 13.6. The highest BCUT2D eigenvalue weighted by Crippen LogP contribution is 2.18. The number of para-hydroxylation sites is 1. The highest BCUT2D eigenvalue weighted by atomic mass is 16.5. The maximum absolute atomic E-state index is 12.6. The Morgan fingerprint density at radius 2 is 1.86 bits per heavy atom. The van der Waals surface area contributed by atoms with Gasteiger partial charge in [-0.3, -0.25) is 9.78 Å². The van der Waals surface area contributed by atoms with Crippen molar-refractivity contribution in [2.24, 2.45) is 0 Å². The fourth-order valence-corrected chi connectivity index (χ4v) is 2.76. The van der Waals surface area contributed by atoms with Gasteiger partial charge in [-0.2, -0.15) is 0 Å². The Kier molecular flexibility index (Phi) is 6.01. The number of nitrogens with zero attached hydrogens (tertiary/aromatic N) is 1. The average molecular weight is 375 g/mol. The highest BCUT2D eigenvalue weighted by molar-refractivity contribution is 6.07. The van der Waals surface area contributed by atoms with Gasteiger partial charge in [-0.15, -0.1) is 0 Å². The standard InChI is InChI=1S/C22H21N3O3/c1-15-6-5-7-16(12-15)14-24-17-10-11-23-20(13-17)21(26)25-19-9-4-3-8-18(19)22(27)28-2/h3-13H,14H2,1-2H3,(H,23,24)(H,25,26). The Balaban J connectivity index is 1.72. The number of anilines is 2. The average Bonchev–Trinajstić information content (AvgIpc) is 2.72. The van der Waals surface area contributed by atoms with E-state index in [9.17, 15) is 9.59 Å². The van der Waals surface area contributed by atoms with E-state index in [1.165, 1.54) is 12.7 Å². The number of rotatable bonds is 6. The first-order valence-corrected chi connectivity index (χ1v) is 8.81. The second-order valence-electron chi connectivity index (χ2n) is 6.26. The molecule has 0 saturated heterocycles. The van der Waals surface area contributed by atoms with Gasteiger partial charge in [0, 0.05) is 18.4 Å². The zero-order chi connectivity index (χ0) is 19.9. The third-order valence-electron chi connectivity index (χ3n) is 4.15. The molecule has 0 radical (unpaired) electrons. The molecule has 0 fully saturated rings. The largest absolute Gasteiger partial charge is 0.465 e. The minimum absolute atomic E-state index is 0.244. The van der Waals surface area contributed by atoms with Gasteiger partial charge in [0.15, 0.2) is 0 Å². The summed E-state index contributed by atoms with van der Waals surface area (Å²) in [5.41, 5.74) is 4.02. The summed E-state index contributed by atoms with van der Waals surface area (Å²) in [5.74, 6) is -0.923. The molecule has 2 N–H and O–H groups in total. The van der Waals surface area contributed by atoms with Crippen LogP contribution in [-0.2, 0) is 11.3 Å². The molecular formula is C22H21N3O3. The van der Waals surface area contributed by atoms with Crippen LogP contribution < -0.4 is 10.6 Å². The van der Waals surface area contributed by atoms with E-state index in [0.29, 0.717) is 12.2 Å². The number of nitrogens with one attached hydrogen (secondary N) is 2. The second-order valence-corrected chi connectivity index (χ2v) is 6.26. The Labute approximate surface area is 163 Å². The number of aromatic nitrogens is 1. The van der Waals surface area contributed by atoms with E-state index in [4.69, 9.17) is 4.74 Å². The van der Waals surface area contributed by atoms with Crippen LogP contribution in [0.2, 0.25) is 0 Å². The molecule has 0 unspecified atom stereocenters. The molecule has 0 aliphatic carbocycles. The van der Waals surface area contributed by atoms with Crippen molar-refractivity contribution < 1.29 is 14.3 Å². The minimum Gasteiger partial charge on any atom is -0.465 e. The molecule has 3 aromatic rings. The number of hydrogen-bond donors (Lipinski definition) is 2. The van der Waals surface area contributed by atoms with E-state index in [0.717, 1.165) is 11.3 Å². The summed E-state index contributed by atoms with van der Waals surface area (Å²) in [4.78, 5) is 28.6. The van der Waals surface area contributed by atoms with E-state index >= 15 is 0 Å². The molecule has 6 nitrogen and oxygen atoms in total. The van der Waals surface area contributed by atoms with Crippen molar-refractivity contribution in [3.63, 3.8) is 0 Å². The Morgan fingerprint density at radius 3 is 2.64 bits per heavy atom. The van der Waals surface area contributed by atoms with Gasteiger partial charge in [0.25, 0.3) is 5.91 Å². The van der Waals surface area contributed by atoms with Crippen molar-refractivity contribution in [1.29, 1.82) is 0 Å². The first kappa shape index (κ1) is 19.1. The lowest BCUT2D eigenvalue weighted by molar-refractivity contribution is 0.0602. The Bertz CT molecular complexity index is 1000. The van der Waals surface area contributed by atoms with Crippen molar-refractivity contribution >= 4 is 23.3 Å². The molecule has 6 heteroatoms. The predicted octanol–water partition coefficient (Wildman–Crippen LogP) is 4.04. The Morgan fingerprint density at radius 1 is 1.04 bits per heavy atom. The molecule has 142 valence electrons.